The number of rotatable bonds is 7. The van der Waals surface area contributed by atoms with Crippen LogP contribution >= 0.6 is 0 Å². The van der Waals surface area contributed by atoms with Crippen LogP contribution in [0.25, 0.3) is 11.0 Å². The number of hydrogen-bond acceptors (Lipinski definition) is 8. The highest BCUT2D eigenvalue weighted by Gasteiger charge is 2.30. The maximum Gasteiger partial charge on any atom is 0.239 e. The van der Waals surface area contributed by atoms with Gasteiger partial charge in [-0.1, -0.05) is 0 Å². The lowest BCUT2D eigenvalue weighted by molar-refractivity contribution is -0.117. The molecule has 0 atom stereocenters. The summed E-state index contributed by atoms with van der Waals surface area (Å²) in [6, 6.07) is 6.48. The molecule has 30 heavy (non-hydrogen) atoms. The predicted octanol–water partition coefficient (Wildman–Crippen LogP) is 1.64. The van der Waals surface area contributed by atoms with E-state index in [2.05, 4.69) is 25.6 Å². The third-order valence-electron chi connectivity index (χ3n) is 4.69. The highest BCUT2D eigenvalue weighted by molar-refractivity contribution is 7.89. The third-order valence-corrected chi connectivity index (χ3v) is 5.59. The zero-order valence-electron chi connectivity index (χ0n) is 16.1. The first-order valence-electron chi connectivity index (χ1n) is 9.21. The summed E-state index contributed by atoms with van der Waals surface area (Å²) in [5.41, 5.74) is 2.22. The van der Waals surface area contributed by atoms with E-state index in [-0.39, 0.29) is 23.3 Å². The summed E-state index contributed by atoms with van der Waals surface area (Å²) in [6.45, 7) is 0.280. The van der Waals surface area contributed by atoms with Crippen LogP contribution in [0.2, 0.25) is 0 Å². The first-order chi connectivity index (χ1) is 14.3. The summed E-state index contributed by atoms with van der Waals surface area (Å²) in [5.74, 6) is 0.419. The molecule has 0 saturated heterocycles. The minimum atomic E-state index is -3.80. The van der Waals surface area contributed by atoms with Crippen LogP contribution < -0.4 is 20.5 Å². The van der Waals surface area contributed by atoms with Gasteiger partial charge in [-0.2, -0.15) is 4.98 Å². The molecule has 3 aromatic heterocycles. The number of nitrogens with one attached hydrogen (secondary N) is 2. The summed E-state index contributed by atoms with van der Waals surface area (Å²) >= 11 is 0. The smallest absolute Gasteiger partial charge is 0.239 e. The standard InChI is InChI=1S/C19H20N6O4S/c1-29-16-7-6-14-17(22-8-12-4-5-13(9-21-12)30(20,27)28)15(10-23-18(14)25-16)24-19(26)11-2-3-11/h4-7,9-11H,2-3,8H2,1H3,(H,24,26)(H2,20,27,28)(H,22,23,25). The minimum Gasteiger partial charge on any atom is -0.481 e. The first-order valence-corrected chi connectivity index (χ1v) is 10.8. The summed E-state index contributed by atoms with van der Waals surface area (Å²) in [6.07, 6.45) is 4.53. The van der Waals surface area contributed by atoms with Crippen LogP contribution in [0, 0.1) is 5.92 Å². The molecular formula is C19H20N6O4S. The molecule has 156 valence electrons. The summed E-state index contributed by atoms with van der Waals surface area (Å²) < 4.78 is 27.9. The lowest BCUT2D eigenvalue weighted by Gasteiger charge is -2.15. The van der Waals surface area contributed by atoms with E-state index in [4.69, 9.17) is 9.88 Å². The SMILES string of the molecule is COc1ccc2c(NCc3ccc(S(N)(=O)=O)cn3)c(NC(=O)C3CC3)cnc2n1. The van der Waals surface area contributed by atoms with Gasteiger partial charge in [-0.25, -0.2) is 18.5 Å². The number of pyridine rings is 3. The predicted molar refractivity (Wildman–Crippen MR) is 110 cm³/mol. The van der Waals surface area contributed by atoms with Gasteiger partial charge in [0.2, 0.25) is 21.8 Å². The van der Waals surface area contributed by atoms with Gasteiger partial charge in [-0.15, -0.1) is 0 Å². The normalized spacial score (nSPS) is 13.8. The molecule has 0 bridgehead atoms. The molecule has 0 aromatic carbocycles. The topological polar surface area (TPSA) is 149 Å². The maximum absolute atomic E-state index is 12.3. The molecular weight excluding hydrogens is 408 g/mol. The van der Waals surface area contributed by atoms with Crippen molar-refractivity contribution in [2.75, 3.05) is 17.7 Å². The zero-order chi connectivity index (χ0) is 21.3. The van der Waals surface area contributed by atoms with Crippen LogP contribution in [0.3, 0.4) is 0 Å². The van der Waals surface area contributed by atoms with Gasteiger partial charge in [-0.3, -0.25) is 9.78 Å². The van der Waals surface area contributed by atoms with Crippen molar-refractivity contribution in [1.82, 2.24) is 15.0 Å². The number of primary sulfonamides is 1. The summed E-state index contributed by atoms with van der Waals surface area (Å²) in [4.78, 5) is 25.0. The molecule has 1 amide bonds. The Morgan fingerprint density at radius 3 is 2.63 bits per heavy atom. The number of anilines is 2. The van der Waals surface area contributed by atoms with Crippen molar-refractivity contribution < 1.29 is 17.9 Å². The van der Waals surface area contributed by atoms with E-state index in [1.807, 2.05) is 0 Å². The fraction of sp³-hybridized carbons (Fsp3) is 0.263. The number of carbonyl (C=O) groups excluding carboxylic acids is 1. The maximum atomic E-state index is 12.3. The number of aromatic nitrogens is 3. The van der Waals surface area contributed by atoms with Crippen molar-refractivity contribution in [3.63, 3.8) is 0 Å². The first kappa shape index (κ1) is 20.0. The van der Waals surface area contributed by atoms with Gasteiger partial charge in [0, 0.05) is 23.6 Å². The average Bonchev–Trinajstić information content (AvgIpc) is 3.57. The van der Waals surface area contributed by atoms with Gasteiger partial charge in [0.25, 0.3) is 0 Å². The Morgan fingerprint density at radius 1 is 1.20 bits per heavy atom. The van der Waals surface area contributed by atoms with Crippen molar-refractivity contribution in [2.45, 2.75) is 24.3 Å². The van der Waals surface area contributed by atoms with Crippen molar-refractivity contribution >= 4 is 38.3 Å². The second-order valence-corrected chi connectivity index (χ2v) is 8.48. The zero-order valence-corrected chi connectivity index (χ0v) is 16.9. The van der Waals surface area contributed by atoms with Crippen LogP contribution in [0.4, 0.5) is 11.4 Å². The van der Waals surface area contributed by atoms with Crippen molar-refractivity contribution in [3.8, 4) is 5.88 Å². The molecule has 0 aliphatic heterocycles. The van der Waals surface area contributed by atoms with Gasteiger partial charge in [0.1, 0.15) is 4.90 Å². The fourth-order valence-electron chi connectivity index (χ4n) is 2.90. The Labute approximate surface area is 172 Å². The number of nitrogens with two attached hydrogens (primary N) is 1. The molecule has 0 spiro atoms. The Kier molecular flexibility index (Phi) is 5.22. The third kappa shape index (κ3) is 4.31. The number of methoxy groups -OCH3 is 1. The van der Waals surface area contributed by atoms with E-state index < -0.39 is 10.0 Å². The summed E-state index contributed by atoms with van der Waals surface area (Å²) in [5, 5.41) is 12.0. The Bertz CT molecular complexity index is 1210. The van der Waals surface area contributed by atoms with Crippen molar-refractivity contribution in [3.05, 3.63) is 42.4 Å². The van der Waals surface area contributed by atoms with Crippen LogP contribution in [0.1, 0.15) is 18.5 Å². The van der Waals surface area contributed by atoms with E-state index >= 15 is 0 Å². The molecule has 1 fully saturated rings. The fourth-order valence-corrected chi connectivity index (χ4v) is 3.36. The molecule has 1 saturated carbocycles. The van der Waals surface area contributed by atoms with E-state index in [0.717, 1.165) is 12.8 Å². The van der Waals surface area contributed by atoms with Gasteiger partial charge in [0.05, 0.1) is 36.9 Å². The monoisotopic (exact) mass is 428 g/mol. The number of nitrogens with zero attached hydrogens (tertiary/aromatic N) is 3. The van der Waals surface area contributed by atoms with Gasteiger partial charge < -0.3 is 15.4 Å². The molecule has 0 radical (unpaired) electrons. The van der Waals surface area contributed by atoms with Gasteiger partial charge >= 0.3 is 0 Å². The Hall–Kier alpha value is -3.31. The van der Waals surface area contributed by atoms with E-state index in [1.165, 1.54) is 19.4 Å². The number of amides is 1. The second-order valence-electron chi connectivity index (χ2n) is 6.92. The van der Waals surface area contributed by atoms with Crippen LogP contribution in [-0.4, -0.2) is 36.4 Å². The minimum absolute atomic E-state index is 0.0370. The number of hydrogen-bond donors (Lipinski definition) is 3. The number of carbonyl (C=O) groups is 1. The van der Waals surface area contributed by atoms with Crippen LogP contribution in [0.15, 0.2) is 41.6 Å². The molecule has 4 rings (SSSR count). The lowest BCUT2D eigenvalue weighted by Crippen LogP contribution is -2.16. The molecule has 1 aliphatic rings. The Balaban J connectivity index is 1.64. The molecule has 11 heteroatoms. The largest absolute Gasteiger partial charge is 0.481 e. The lowest BCUT2D eigenvalue weighted by atomic mass is 10.2. The summed E-state index contributed by atoms with van der Waals surface area (Å²) in [7, 11) is -2.28. The van der Waals surface area contributed by atoms with Gasteiger partial charge in [-0.05, 0) is 31.0 Å². The highest BCUT2D eigenvalue weighted by Crippen LogP contribution is 2.34. The van der Waals surface area contributed by atoms with E-state index in [9.17, 15) is 13.2 Å². The highest BCUT2D eigenvalue weighted by atomic mass is 32.2. The van der Waals surface area contributed by atoms with E-state index in [0.29, 0.717) is 34.0 Å². The molecule has 3 heterocycles. The Morgan fingerprint density at radius 2 is 2.00 bits per heavy atom. The molecule has 1 aliphatic carbocycles. The molecule has 10 nitrogen and oxygen atoms in total. The number of fused-ring (bicyclic) bond motifs is 1. The number of ether oxygens (including phenoxy) is 1. The van der Waals surface area contributed by atoms with Crippen LogP contribution in [0.5, 0.6) is 5.88 Å². The van der Waals surface area contributed by atoms with E-state index in [1.54, 1.807) is 24.4 Å². The number of sulfonamides is 1. The average molecular weight is 428 g/mol. The molecule has 0 unspecified atom stereocenters. The molecule has 3 aromatic rings. The van der Waals surface area contributed by atoms with Crippen molar-refractivity contribution in [2.24, 2.45) is 11.1 Å². The van der Waals surface area contributed by atoms with Crippen molar-refractivity contribution in [1.29, 1.82) is 0 Å². The second kappa shape index (κ2) is 7.84. The van der Waals surface area contributed by atoms with Gasteiger partial charge in [0.15, 0.2) is 5.65 Å². The quantitative estimate of drug-likeness (QED) is 0.514. The molecule has 4 N–H and O–H groups in total. The van der Waals surface area contributed by atoms with Crippen LogP contribution in [-0.2, 0) is 21.4 Å².